The Hall–Kier alpha value is -1.98. The summed E-state index contributed by atoms with van der Waals surface area (Å²) in [6.45, 7) is 2.07. The number of benzene rings is 2. The second kappa shape index (κ2) is 9.49. The molecule has 0 aliphatic rings. The predicted octanol–water partition coefficient (Wildman–Crippen LogP) is 3.60. The summed E-state index contributed by atoms with van der Waals surface area (Å²) >= 11 is 7.49. The monoisotopic (exact) mass is 376 g/mol. The Labute approximate surface area is 157 Å². The van der Waals surface area contributed by atoms with Gasteiger partial charge in [-0.05, 0) is 36.8 Å². The molecule has 1 atom stereocenters. The lowest BCUT2D eigenvalue weighted by atomic mass is 10.1. The molecule has 0 fully saturated rings. The molecule has 0 radical (unpaired) electrons. The van der Waals surface area contributed by atoms with Gasteiger partial charge in [0.05, 0.1) is 5.75 Å². The third-order valence-corrected chi connectivity index (χ3v) is 4.99. The smallest absolute Gasteiger partial charge is 0.242 e. The van der Waals surface area contributed by atoms with E-state index in [0.717, 1.165) is 10.5 Å². The van der Waals surface area contributed by atoms with Crippen LogP contribution in [0.25, 0.3) is 0 Å². The molecule has 6 heteroatoms. The number of nitrogens with zero attached hydrogens (tertiary/aromatic N) is 1. The molecule has 0 unspecified atom stereocenters. The van der Waals surface area contributed by atoms with Gasteiger partial charge in [0.25, 0.3) is 0 Å². The molecule has 0 aliphatic carbocycles. The summed E-state index contributed by atoms with van der Waals surface area (Å²) in [7, 11) is 1.57. The van der Waals surface area contributed by atoms with Crippen molar-refractivity contribution in [1.29, 1.82) is 0 Å². The molecule has 0 aromatic heterocycles. The largest absolute Gasteiger partial charge is 0.357 e. The lowest BCUT2D eigenvalue weighted by Gasteiger charge is -2.28. The third kappa shape index (κ3) is 5.80. The number of nitrogens with one attached hydrogen (secondary N) is 1. The van der Waals surface area contributed by atoms with E-state index in [-0.39, 0.29) is 17.6 Å². The van der Waals surface area contributed by atoms with E-state index >= 15 is 0 Å². The maximum Gasteiger partial charge on any atom is 0.242 e. The molecule has 0 heterocycles. The summed E-state index contributed by atoms with van der Waals surface area (Å²) < 4.78 is 0. The van der Waals surface area contributed by atoms with Gasteiger partial charge >= 0.3 is 0 Å². The zero-order chi connectivity index (χ0) is 18.2. The number of hydrogen-bond donors (Lipinski definition) is 1. The van der Waals surface area contributed by atoms with E-state index in [1.54, 1.807) is 24.9 Å². The van der Waals surface area contributed by atoms with E-state index in [4.69, 9.17) is 11.6 Å². The molecule has 0 aliphatic heterocycles. The lowest BCUT2D eigenvalue weighted by molar-refractivity contribution is -0.138. The van der Waals surface area contributed by atoms with Crippen molar-refractivity contribution in [1.82, 2.24) is 10.2 Å². The molecular formula is C19H21ClN2O2S. The van der Waals surface area contributed by atoms with Crippen LogP contribution in [0, 0.1) is 0 Å². The molecule has 2 amide bonds. The number of carbonyl (C=O) groups is 2. The highest BCUT2D eigenvalue weighted by Gasteiger charge is 2.25. The van der Waals surface area contributed by atoms with Crippen molar-refractivity contribution in [2.75, 3.05) is 12.8 Å². The summed E-state index contributed by atoms with van der Waals surface area (Å²) in [5, 5.41) is 3.21. The number of amides is 2. The second-order valence-corrected chi connectivity index (χ2v) is 7.03. The first-order valence-corrected chi connectivity index (χ1v) is 9.31. The number of carbonyl (C=O) groups excluding carboxylic acids is 2. The van der Waals surface area contributed by atoms with Crippen molar-refractivity contribution < 1.29 is 9.59 Å². The Kier molecular flexibility index (Phi) is 7.34. The number of likely N-dealkylation sites (N-methyl/N-ethyl adjacent to an activating group) is 1. The summed E-state index contributed by atoms with van der Waals surface area (Å²) in [5.41, 5.74) is 0.890. The highest BCUT2D eigenvalue weighted by molar-refractivity contribution is 8.00. The molecule has 0 saturated carbocycles. The summed E-state index contributed by atoms with van der Waals surface area (Å²) in [6.07, 6.45) is 0. The van der Waals surface area contributed by atoms with Crippen LogP contribution < -0.4 is 5.32 Å². The standard InChI is InChI=1S/C19H21ClN2O2S/c1-14(19(24)21-2)22(12-15-7-6-8-16(20)11-15)18(23)13-25-17-9-4-3-5-10-17/h3-11,14H,12-13H2,1-2H3,(H,21,24)/t14-/m1/s1. The summed E-state index contributed by atoms with van der Waals surface area (Å²) in [4.78, 5) is 27.4. The molecule has 2 rings (SSSR count). The number of thioether (sulfide) groups is 1. The van der Waals surface area contributed by atoms with Gasteiger partial charge in [-0.1, -0.05) is 41.9 Å². The quantitative estimate of drug-likeness (QED) is 0.751. The first-order valence-electron chi connectivity index (χ1n) is 7.94. The van der Waals surface area contributed by atoms with Crippen LogP contribution in [0.15, 0.2) is 59.5 Å². The molecule has 4 nitrogen and oxygen atoms in total. The molecule has 1 N–H and O–H groups in total. The normalized spacial score (nSPS) is 11.6. The number of hydrogen-bond acceptors (Lipinski definition) is 3. The minimum Gasteiger partial charge on any atom is -0.357 e. The second-order valence-electron chi connectivity index (χ2n) is 5.54. The van der Waals surface area contributed by atoms with Crippen molar-refractivity contribution in [3.05, 3.63) is 65.2 Å². The Morgan fingerprint density at radius 1 is 1.16 bits per heavy atom. The minimum absolute atomic E-state index is 0.0927. The number of halogens is 1. The van der Waals surface area contributed by atoms with Crippen LogP contribution in [0.1, 0.15) is 12.5 Å². The highest BCUT2D eigenvalue weighted by Crippen LogP contribution is 2.20. The first kappa shape index (κ1) is 19.3. The molecule has 2 aromatic carbocycles. The van der Waals surface area contributed by atoms with Crippen molar-refractivity contribution in [2.24, 2.45) is 0 Å². The van der Waals surface area contributed by atoms with E-state index < -0.39 is 6.04 Å². The molecular weight excluding hydrogens is 356 g/mol. The molecule has 2 aromatic rings. The number of rotatable bonds is 7. The van der Waals surface area contributed by atoms with Gasteiger partial charge in [0, 0.05) is 23.5 Å². The Bertz CT molecular complexity index is 724. The summed E-state index contributed by atoms with van der Waals surface area (Å²) in [5.74, 6) is -0.0173. The summed E-state index contributed by atoms with van der Waals surface area (Å²) in [6, 6.07) is 16.5. The van der Waals surface area contributed by atoms with Crippen LogP contribution in [0.3, 0.4) is 0 Å². The Balaban J connectivity index is 2.12. The van der Waals surface area contributed by atoms with Crippen LogP contribution in [0.5, 0.6) is 0 Å². The van der Waals surface area contributed by atoms with Crippen LogP contribution in [0.4, 0.5) is 0 Å². The third-order valence-electron chi connectivity index (χ3n) is 3.76. The van der Waals surface area contributed by atoms with E-state index in [1.807, 2.05) is 48.5 Å². The van der Waals surface area contributed by atoms with E-state index in [2.05, 4.69) is 5.32 Å². The lowest BCUT2D eigenvalue weighted by Crippen LogP contribution is -2.47. The first-order chi connectivity index (χ1) is 12.0. The van der Waals surface area contributed by atoms with Gasteiger partial charge in [-0.2, -0.15) is 0 Å². The molecule has 132 valence electrons. The SMILES string of the molecule is CNC(=O)[C@@H](C)N(Cc1cccc(Cl)c1)C(=O)CSc1ccccc1. The van der Waals surface area contributed by atoms with Crippen LogP contribution >= 0.6 is 23.4 Å². The van der Waals surface area contributed by atoms with E-state index in [0.29, 0.717) is 11.6 Å². The van der Waals surface area contributed by atoms with Gasteiger partial charge in [0.15, 0.2) is 0 Å². The van der Waals surface area contributed by atoms with Gasteiger partial charge < -0.3 is 10.2 Å². The fourth-order valence-corrected chi connectivity index (χ4v) is 3.39. The van der Waals surface area contributed by atoms with Gasteiger partial charge in [0.1, 0.15) is 6.04 Å². The van der Waals surface area contributed by atoms with Crippen molar-refractivity contribution in [2.45, 2.75) is 24.4 Å². The minimum atomic E-state index is -0.562. The predicted molar refractivity (Wildman–Crippen MR) is 103 cm³/mol. The zero-order valence-electron chi connectivity index (χ0n) is 14.2. The van der Waals surface area contributed by atoms with Gasteiger partial charge in [-0.15, -0.1) is 11.8 Å². The van der Waals surface area contributed by atoms with Gasteiger partial charge in [-0.25, -0.2) is 0 Å². The van der Waals surface area contributed by atoms with Gasteiger partial charge in [0.2, 0.25) is 11.8 Å². The zero-order valence-corrected chi connectivity index (χ0v) is 15.8. The Morgan fingerprint density at radius 2 is 1.88 bits per heavy atom. The van der Waals surface area contributed by atoms with Crippen molar-refractivity contribution in [3.8, 4) is 0 Å². The maximum atomic E-state index is 12.8. The molecule has 0 bridgehead atoms. The van der Waals surface area contributed by atoms with Crippen molar-refractivity contribution in [3.63, 3.8) is 0 Å². The fourth-order valence-electron chi connectivity index (χ4n) is 2.37. The molecule has 0 spiro atoms. The highest BCUT2D eigenvalue weighted by atomic mass is 35.5. The topological polar surface area (TPSA) is 49.4 Å². The van der Waals surface area contributed by atoms with E-state index in [1.165, 1.54) is 11.8 Å². The molecule has 0 saturated heterocycles. The average molecular weight is 377 g/mol. The average Bonchev–Trinajstić information content (AvgIpc) is 2.64. The fraction of sp³-hybridized carbons (Fsp3) is 0.263. The van der Waals surface area contributed by atoms with Crippen LogP contribution in [-0.2, 0) is 16.1 Å². The van der Waals surface area contributed by atoms with Crippen LogP contribution in [0.2, 0.25) is 5.02 Å². The van der Waals surface area contributed by atoms with Crippen molar-refractivity contribution >= 4 is 35.2 Å². The Morgan fingerprint density at radius 3 is 2.52 bits per heavy atom. The maximum absolute atomic E-state index is 12.8. The molecule has 25 heavy (non-hydrogen) atoms. The van der Waals surface area contributed by atoms with E-state index in [9.17, 15) is 9.59 Å². The van der Waals surface area contributed by atoms with Gasteiger partial charge in [-0.3, -0.25) is 9.59 Å². The van der Waals surface area contributed by atoms with Crippen LogP contribution in [-0.4, -0.2) is 35.6 Å².